The highest BCUT2D eigenvalue weighted by atomic mass is 16.1. The van der Waals surface area contributed by atoms with Gasteiger partial charge in [0.25, 0.3) is 0 Å². The lowest BCUT2D eigenvalue weighted by Crippen LogP contribution is -2.33. The first-order valence-corrected chi connectivity index (χ1v) is 5.19. The Morgan fingerprint density at radius 1 is 1.50 bits per heavy atom. The Kier molecular flexibility index (Phi) is 4.41. The molecule has 0 fully saturated rings. The summed E-state index contributed by atoms with van der Waals surface area (Å²) in [6, 6.07) is 7.29. The van der Waals surface area contributed by atoms with Gasteiger partial charge in [-0.2, -0.15) is 0 Å². The van der Waals surface area contributed by atoms with E-state index in [1.165, 1.54) is 0 Å². The van der Waals surface area contributed by atoms with E-state index >= 15 is 0 Å². The lowest BCUT2D eigenvalue weighted by Gasteiger charge is -2.10. The molecule has 1 amide bonds. The van der Waals surface area contributed by atoms with Gasteiger partial charge < -0.3 is 11.1 Å². The molecule has 0 bridgehead atoms. The summed E-state index contributed by atoms with van der Waals surface area (Å²) in [5.74, 6) is 2.49. The van der Waals surface area contributed by atoms with Gasteiger partial charge in [-0.25, -0.2) is 0 Å². The molecule has 0 aliphatic rings. The van der Waals surface area contributed by atoms with Gasteiger partial charge >= 0.3 is 0 Å². The summed E-state index contributed by atoms with van der Waals surface area (Å²) in [6.07, 6.45) is 6.06. The van der Waals surface area contributed by atoms with E-state index in [4.69, 9.17) is 12.2 Å². The van der Waals surface area contributed by atoms with Gasteiger partial charge in [-0.1, -0.05) is 12.1 Å². The number of anilines is 1. The molecule has 0 aliphatic heterocycles. The van der Waals surface area contributed by atoms with Crippen LogP contribution >= 0.6 is 0 Å². The van der Waals surface area contributed by atoms with Gasteiger partial charge in [0.2, 0.25) is 5.91 Å². The Labute approximate surface area is 96.0 Å². The topological polar surface area (TPSA) is 55.1 Å². The van der Waals surface area contributed by atoms with Gasteiger partial charge in [-0.05, 0) is 24.6 Å². The number of carbonyl (C=O) groups is 1. The lowest BCUT2D eigenvalue weighted by atomic mass is 10.1. The van der Waals surface area contributed by atoms with Gasteiger partial charge in [0.05, 0.1) is 6.42 Å². The SMILES string of the molecule is C#CCC(C)NC(=O)Cc1ccc(N)cc1. The van der Waals surface area contributed by atoms with Crippen LogP contribution in [0.5, 0.6) is 0 Å². The zero-order chi connectivity index (χ0) is 12.0. The summed E-state index contributed by atoms with van der Waals surface area (Å²) in [5.41, 5.74) is 7.20. The van der Waals surface area contributed by atoms with Crippen LogP contribution in [0, 0.1) is 12.3 Å². The molecule has 0 aromatic heterocycles. The average Bonchev–Trinajstić information content (AvgIpc) is 2.21. The zero-order valence-electron chi connectivity index (χ0n) is 9.36. The summed E-state index contributed by atoms with van der Waals surface area (Å²) in [4.78, 5) is 11.6. The van der Waals surface area contributed by atoms with Crippen molar-refractivity contribution < 1.29 is 4.79 Å². The van der Waals surface area contributed by atoms with Crippen LogP contribution < -0.4 is 11.1 Å². The first-order chi connectivity index (χ1) is 7.61. The molecule has 3 nitrogen and oxygen atoms in total. The first-order valence-electron chi connectivity index (χ1n) is 5.19. The minimum absolute atomic E-state index is 0.0197. The van der Waals surface area contributed by atoms with Crippen LogP contribution in [0.25, 0.3) is 0 Å². The van der Waals surface area contributed by atoms with Crippen molar-refractivity contribution in [2.24, 2.45) is 0 Å². The summed E-state index contributed by atoms with van der Waals surface area (Å²) in [7, 11) is 0. The second-order valence-electron chi connectivity index (χ2n) is 3.80. The van der Waals surface area contributed by atoms with Crippen molar-refractivity contribution in [2.45, 2.75) is 25.8 Å². The van der Waals surface area contributed by atoms with E-state index in [1.807, 2.05) is 19.1 Å². The normalized spacial score (nSPS) is 11.5. The van der Waals surface area contributed by atoms with Crippen LogP contribution in [0.15, 0.2) is 24.3 Å². The third-order valence-electron chi connectivity index (χ3n) is 2.18. The molecular weight excluding hydrogens is 200 g/mol. The number of nitrogens with two attached hydrogens (primary N) is 1. The van der Waals surface area contributed by atoms with E-state index in [9.17, 15) is 4.79 Å². The number of benzene rings is 1. The highest BCUT2D eigenvalue weighted by molar-refractivity contribution is 5.78. The Balaban J connectivity index is 2.46. The van der Waals surface area contributed by atoms with Crippen molar-refractivity contribution in [1.82, 2.24) is 5.32 Å². The molecule has 0 saturated heterocycles. The molecule has 1 unspecified atom stereocenters. The highest BCUT2D eigenvalue weighted by Crippen LogP contribution is 2.06. The third-order valence-corrected chi connectivity index (χ3v) is 2.18. The molecule has 0 radical (unpaired) electrons. The van der Waals surface area contributed by atoms with Gasteiger partial charge in [0.1, 0.15) is 0 Å². The number of terminal acetylenes is 1. The van der Waals surface area contributed by atoms with Crippen LogP contribution in [0.4, 0.5) is 5.69 Å². The average molecular weight is 216 g/mol. The maximum atomic E-state index is 11.6. The summed E-state index contributed by atoms with van der Waals surface area (Å²) in [6.45, 7) is 1.89. The molecule has 0 saturated carbocycles. The van der Waals surface area contributed by atoms with Gasteiger partial charge in [0.15, 0.2) is 0 Å². The van der Waals surface area contributed by atoms with Gasteiger partial charge in [0, 0.05) is 18.2 Å². The number of nitrogens with one attached hydrogen (secondary N) is 1. The third kappa shape index (κ3) is 4.05. The fourth-order valence-electron chi connectivity index (χ4n) is 1.37. The largest absolute Gasteiger partial charge is 0.399 e. The summed E-state index contributed by atoms with van der Waals surface area (Å²) < 4.78 is 0. The molecule has 1 aromatic rings. The molecule has 1 atom stereocenters. The number of nitrogen functional groups attached to an aromatic ring is 1. The van der Waals surface area contributed by atoms with Gasteiger partial charge in [-0.3, -0.25) is 4.79 Å². The molecule has 3 heteroatoms. The van der Waals surface area contributed by atoms with Crippen LogP contribution in [-0.2, 0) is 11.2 Å². The van der Waals surface area contributed by atoms with E-state index in [1.54, 1.807) is 12.1 Å². The molecular formula is C13H16N2O. The van der Waals surface area contributed by atoms with Crippen molar-refractivity contribution >= 4 is 11.6 Å². The quantitative estimate of drug-likeness (QED) is 0.589. The lowest BCUT2D eigenvalue weighted by molar-refractivity contribution is -0.121. The Hall–Kier alpha value is -1.95. The highest BCUT2D eigenvalue weighted by Gasteiger charge is 2.06. The van der Waals surface area contributed by atoms with Crippen molar-refractivity contribution in [3.63, 3.8) is 0 Å². The number of amides is 1. The number of carbonyl (C=O) groups excluding carboxylic acids is 1. The van der Waals surface area contributed by atoms with Crippen molar-refractivity contribution in [2.75, 3.05) is 5.73 Å². The maximum absolute atomic E-state index is 11.6. The fraction of sp³-hybridized carbons (Fsp3) is 0.308. The fourth-order valence-corrected chi connectivity index (χ4v) is 1.37. The van der Waals surface area contributed by atoms with Crippen LogP contribution in [-0.4, -0.2) is 11.9 Å². The van der Waals surface area contributed by atoms with E-state index in [0.717, 1.165) is 5.56 Å². The minimum Gasteiger partial charge on any atom is -0.399 e. The second-order valence-corrected chi connectivity index (χ2v) is 3.80. The predicted octanol–water partition coefficient (Wildman–Crippen LogP) is 1.34. The number of rotatable bonds is 4. The first kappa shape index (κ1) is 12.1. The molecule has 0 aliphatic carbocycles. The van der Waals surface area contributed by atoms with Crippen LogP contribution in [0.3, 0.4) is 0 Å². The molecule has 3 N–H and O–H groups in total. The van der Waals surface area contributed by atoms with Crippen LogP contribution in [0.2, 0.25) is 0 Å². The molecule has 0 spiro atoms. The zero-order valence-corrected chi connectivity index (χ0v) is 9.36. The Morgan fingerprint density at radius 2 is 2.12 bits per heavy atom. The van der Waals surface area contributed by atoms with E-state index in [2.05, 4.69) is 11.2 Å². The monoisotopic (exact) mass is 216 g/mol. The van der Waals surface area contributed by atoms with Crippen LogP contribution in [0.1, 0.15) is 18.9 Å². The predicted molar refractivity (Wildman–Crippen MR) is 65.6 cm³/mol. The van der Waals surface area contributed by atoms with Crippen molar-refractivity contribution in [3.05, 3.63) is 29.8 Å². The standard InChI is InChI=1S/C13H16N2O/c1-3-4-10(2)15-13(16)9-11-5-7-12(14)8-6-11/h1,5-8,10H,4,9,14H2,2H3,(H,15,16). The van der Waals surface area contributed by atoms with Gasteiger partial charge in [-0.15, -0.1) is 12.3 Å². The Bertz CT molecular complexity index is 389. The summed E-state index contributed by atoms with van der Waals surface area (Å²) >= 11 is 0. The maximum Gasteiger partial charge on any atom is 0.224 e. The molecule has 16 heavy (non-hydrogen) atoms. The van der Waals surface area contributed by atoms with E-state index in [-0.39, 0.29) is 11.9 Å². The van der Waals surface area contributed by atoms with E-state index < -0.39 is 0 Å². The minimum atomic E-state index is -0.0208. The molecule has 84 valence electrons. The summed E-state index contributed by atoms with van der Waals surface area (Å²) in [5, 5.41) is 2.83. The van der Waals surface area contributed by atoms with Crippen molar-refractivity contribution in [3.8, 4) is 12.3 Å². The number of hydrogen-bond donors (Lipinski definition) is 2. The van der Waals surface area contributed by atoms with E-state index in [0.29, 0.717) is 18.5 Å². The molecule has 1 aromatic carbocycles. The Morgan fingerprint density at radius 3 is 2.69 bits per heavy atom. The second kappa shape index (κ2) is 5.82. The number of hydrogen-bond acceptors (Lipinski definition) is 2. The van der Waals surface area contributed by atoms with Crippen molar-refractivity contribution in [1.29, 1.82) is 0 Å². The molecule has 0 heterocycles. The smallest absolute Gasteiger partial charge is 0.224 e. The molecule has 1 rings (SSSR count).